The Hall–Kier alpha value is -0.930. The van der Waals surface area contributed by atoms with Gasteiger partial charge in [0.05, 0.1) is 4.92 Å². The summed E-state index contributed by atoms with van der Waals surface area (Å²) >= 11 is 5.66. The highest BCUT2D eigenvalue weighted by Gasteiger charge is 2.35. The Morgan fingerprint density at radius 1 is 1.45 bits per heavy atom. The van der Waals surface area contributed by atoms with E-state index in [4.69, 9.17) is 17.3 Å². The minimum Gasteiger partial charge on any atom is -0.326 e. The molecule has 1 aromatic carbocycles. The second kappa shape index (κ2) is 6.23. The molecule has 1 aliphatic heterocycles. The standard InChI is InChI=1S/C10H12ClN3O4S.ClH/c11-7-1-2-10(9(5-7)14(15)16)19(17,18)13-4-3-8(12)6-13;/h1-2,5,8H,3-4,6,12H2;1H/t8-;/m1./s1. The molecule has 0 saturated carbocycles. The average Bonchev–Trinajstić information content (AvgIpc) is 2.76. The summed E-state index contributed by atoms with van der Waals surface area (Å²) in [6.45, 7) is 0.436. The molecule has 20 heavy (non-hydrogen) atoms. The normalized spacial score (nSPS) is 19.6. The van der Waals surface area contributed by atoms with Crippen molar-refractivity contribution in [2.24, 2.45) is 5.73 Å². The molecule has 0 bridgehead atoms. The number of rotatable bonds is 3. The van der Waals surface area contributed by atoms with E-state index in [-0.39, 0.29) is 41.5 Å². The first-order chi connectivity index (χ1) is 8.82. The van der Waals surface area contributed by atoms with E-state index in [1.165, 1.54) is 6.07 Å². The zero-order valence-corrected chi connectivity index (χ0v) is 12.6. The first-order valence-electron chi connectivity index (χ1n) is 5.52. The van der Waals surface area contributed by atoms with Crippen LogP contribution in [-0.2, 0) is 10.0 Å². The van der Waals surface area contributed by atoms with Crippen LogP contribution < -0.4 is 5.73 Å². The van der Waals surface area contributed by atoms with Crippen molar-refractivity contribution in [3.63, 3.8) is 0 Å². The lowest BCUT2D eigenvalue weighted by atomic mass is 10.3. The number of hydrogen-bond acceptors (Lipinski definition) is 5. The van der Waals surface area contributed by atoms with Gasteiger partial charge in [0.15, 0.2) is 4.90 Å². The molecule has 2 rings (SSSR count). The lowest BCUT2D eigenvalue weighted by Crippen LogP contribution is -2.32. The number of nitrogens with zero attached hydrogens (tertiary/aromatic N) is 2. The van der Waals surface area contributed by atoms with Gasteiger partial charge in [-0.15, -0.1) is 12.4 Å². The van der Waals surface area contributed by atoms with E-state index in [1.807, 2.05) is 0 Å². The van der Waals surface area contributed by atoms with Crippen molar-refractivity contribution in [2.45, 2.75) is 17.4 Å². The van der Waals surface area contributed by atoms with Gasteiger partial charge in [0.25, 0.3) is 5.69 Å². The lowest BCUT2D eigenvalue weighted by Gasteiger charge is -2.15. The third kappa shape index (κ3) is 3.21. The van der Waals surface area contributed by atoms with Crippen molar-refractivity contribution < 1.29 is 13.3 Å². The Kier molecular flexibility index (Phi) is 5.33. The predicted molar refractivity (Wildman–Crippen MR) is 76.7 cm³/mol. The van der Waals surface area contributed by atoms with Crippen LogP contribution in [0.1, 0.15) is 6.42 Å². The highest BCUT2D eigenvalue weighted by atomic mass is 35.5. The van der Waals surface area contributed by atoms with E-state index in [2.05, 4.69) is 0 Å². The van der Waals surface area contributed by atoms with E-state index >= 15 is 0 Å². The summed E-state index contributed by atoms with van der Waals surface area (Å²) in [7, 11) is -3.91. The largest absolute Gasteiger partial charge is 0.326 e. The molecular weight excluding hydrogens is 329 g/mol. The van der Waals surface area contributed by atoms with Gasteiger partial charge in [-0.05, 0) is 18.6 Å². The molecule has 0 aliphatic carbocycles. The second-order valence-electron chi connectivity index (χ2n) is 4.28. The molecule has 112 valence electrons. The van der Waals surface area contributed by atoms with E-state index in [1.54, 1.807) is 0 Å². The van der Waals surface area contributed by atoms with Crippen LogP contribution in [-0.4, -0.2) is 36.8 Å². The Balaban J connectivity index is 0.00000200. The van der Waals surface area contributed by atoms with Crippen LogP contribution in [0, 0.1) is 10.1 Å². The second-order valence-corrected chi connectivity index (χ2v) is 6.62. The maximum absolute atomic E-state index is 12.3. The van der Waals surface area contributed by atoms with Crippen LogP contribution in [0.15, 0.2) is 23.1 Å². The third-order valence-corrected chi connectivity index (χ3v) is 5.07. The fourth-order valence-electron chi connectivity index (χ4n) is 1.96. The van der Waals surface area contributed by atoms with Crippen LogP contribution in [0.5, 0.6) is 0 Å². The summed E-state index contributed by atoms with van der Waals surface area (Å²) in [5.74, 6) is 0. The quantitative estimate of drug-likeness (QED) is 0.660. The van der Waals surface area contributed by atoms with E-state index in [0.29, 0.717) is 6.42 Å². The van der Waals surface area contributed by atoms with Gasteiger partial charge in [0.1, 0.15) is 0 Å². The SMILES string of the molecule is Cl.N[C@@H]1CCN(S(=O)(=O)c2ccc(Cl)cc2[N+](=O)[O-])C1. The van der Waals surface area contributed by atoms with Crippen molar-refractivity contribution in [2.75, 3.05) is 13.1 Å². The van der Waals surface area contributed by atoms with Gasteiger partial charge in [0.2, 0.25) is 10.0 Å². The first-order valence-corrected chi connectivity index (χ1v) is 7.34. The molecule has 0 aromatic heterocycles. The highest BCUT2D eigenvalue weighted by Crippen LogP contribution is 2.30. The van der Waals surface area contributed by atoms with Crippen LogP contribution in [0.25, 0.3) is 0 Å². The molecule has 2 N–H and O–H groups in total. The van der Waals surface area contributed by atoms with Crippen LogP contribution in [0.4, 0.5) is 5.69 Å². The van der Waals surface area contributed by atoms with E-state index < -0.39 is 20.6 Å². The fraction of sp³-hybridized carbons (Fsp3) is 0.400. The molecule has 1 aromatic rings. The Bertz CT molecular complexity index is 623. The summed E-state index contributed by atoms with van der Waals surface area (Å²) in [5.41, 5.74) is 5.14. The number of benzene rings is 1. The zero-order valence-electron chi connectivity index (χ0n) is 10.2. The summed E-state index contributed by atoms with van der Waals surface area (Å²) < 4.78 is 25.8. The maximum Gasteiger partial charge on any atom is 0.290 e. The highest BCUT2D eigenvalue weighted by molar-refractivity contribution is 7.89. The number of nitro groups is 1. The molecule has 1 saturated heterocycles. The van der Waals surface area contributed by atoms with Crippen molar-refractivity contribution in [1.82, 2.24) is 4.31 Å². The maximum atomic E-state index is 12.3. The minimum atomic E-state index is -3.91. The molecule has 7 nitrogen and oxygen atoms in total. The molecule has 0 spiro atoms. The number of nitro benzene ring substituents is 1. The summed E-state index contributed by atoms with van der Waals surface area (Å²) in [4.78, 5) is 9.83. The lowest BCUT2D eigenvalue weighted by molar-refractivity contribution is -0.387. The Labute approximate surface area is 127 Å². The fourth-order valence-corrected chi connectivity index (χ4v) is 3.78. The van der Waals surface area contributed by atoms with Crippen molar-refractivity contribution >= 4 is 39.7 Å². The molecule has 10 heteroatoms. The molecular formula is C10H13Cl2N3O4S. The molecule has 1 heterocycles. The first kappa shape index (κ1) is 17.1. The van der Waals surface area contributed by atoms with Gasteiger partial charge in [0, 0.05) is 30.2 Å². The Morgan fingerprint density at radius 2 is 2.10 bits per heavy atom. The molecule has 1 atom stereocenters. The van der Waals surface area contributed by atoms with Gasteiger partial charge < -0.3 is 5.73 Å². The van der Waals surface area contributed by atoms with Crippen molar-refractivity contribution in [3.8, 4) is 0 Å². The monoisotopic (exact) mass is 341 g/mol. The molecule has 0 radical (unpaired) electrons. The van der Waals surface area contributed by atoms with Crippen molar-refractivity contribution in [3.05, 3.63) is 33.3 Å². The van der Waals surface area contributed by atoms with Crippen LogP contribution in [0.2, 0.25) is 5.02 Å². The number of nitrogens with two attached hydrogens (primary N) is 1. The zero-order chi connectivity index (χ0) is 14.2. The summed E-state index contributed by atoms with van der Waals surface area (Å²) in [6.07, 6.45) is 0.542. The van der Waals surface area contributed by atoms with Gasteiger partial charge in [-0.1, -0.05) is 11.6 Å². The molecule has 0 amide bonds. The van der Waals surface area contributed by atoms with Gasteiger partial charge in [-0.25, -0.2) is 8.42 Å². The van der Waals surface area contributed by atoms with Crippen molar-refractivity contribution in [1.29, 1.82) is 0 Å². The molecule has 1 fully saturated rings. The Morgan fingerprint density at radius 3 is 2.60 bits per heavy atom. The van der Waals surface area contributed by atoms with E-state index in [9.17, 15) is 18.5 Å². The molecule has 1 aliphatic rings. The third-order valence-electron chi connectivity index (χ3n) is 2.92. The van der Waals surface area contributed by atoms with Crippen LogP contribution >= 0.6 is 24.0 Å². The van der Waals surface area contributed by atoms with Gasteiger partial charge >= 0.3 is 0 Å². The topological polar surface area (TPSA) is 107 Å². The number of halogens is 2. The van der Waals surface area contributed by atoms with Gasteiger partial charge in [-0.2, -0.15) is 4.31 Å². The van der Waals surface area contributed by atoms with E-state index in [0.717, 1.165) is 16.4 Å². The number of hydrogen-bond donors (Lipinski definition) is 1. The predicted octanol–water partition coefficient (Wildman–Crippen LogP) is 1.39. The van der Waals surface area contributed by atoms with Gasteiger partial charge in [-0.3, -0.25) is 10.1 Å². The summed E-state index contributed by atoms with van der Waals surface area (Å²) in [6, 6.07) is 3.27. The molecule has 0 unspecified atom stereocenters. The smallest absolute Gasteiger partial charge is 0.290 e. The number of sulfonamides is 1. The van der Waals surface area contributed by atoms with Crippen LogP contribution in [0.3, 0.4) is 0 Å². The summed E-state index contributed by atoms with van der Waals surface area (Å²) in [5, 5.41) is 11.1. The minimum absolute atomic E-state index is 0. The average molecular weight is 342 g/mol.